The van der Waals surface area contributed by atoms with E-state index in [1.165, 1.54) is 37.2 Å². The van der Waals surface area contributed by atoms with Crippen LogP contribution in [0.15, 0.2) is 23.1 Å². The Balaban J connectivity index is 2.33. The maximum atomic E-state index is 12.7. The summed E-state index contributed by atoms with van der Waals surface area (Å²) in [7, 11) is -0.892. The van der Waals surface area contributed by atoms with Gasteiger partial charge in [-0.25, -0.2) is 12.7 Å². The number of piperidine rings is 1. The minimum Gasteiger partial charge on any atom is -0.399 e. The van der Waals surface area contributed by atoms with Crippen LogP contribution in [-0.4, -0.2) is 56.6 Å². The van der Waals surface area contributed by atoms with Gasteiger partial charge in [0.1, 0.15) is 0 Å². The van der Waals surface area contributed by atoms with E-state index in [0.29, 0.717) is 19.4 Å². The number of hydrogen-bond donors (Lipinski definition) is 2. The van der Waals surface area contributed by atoms with E-state index < -0.39 is 15.9 Å². The molecule has 1 atom stereocenters. The van der Waals surface area contributed by atoms with Gasteiger partial charge in [-0.3, -0.25) is 9.59 Å². The predicted molar refractivity (Wildman–Crippen MR) is 89.5 cm³/mol. The summed E-state index contributed by atoms with van der Waals surface area (Å²) in [6.07, 6.45) is 1.32. The van der Waals surface area contributed by atoms with Gasteiger partial charge in [0.25, 0.3) is 5.91 Å². The van der Waals surface area contributed by atoms with E-state index >= 15 is 0 Å². The Labute approximate surface area is 141 Å². The molecule has 0 radical (unpaired) electrons. The van der Waals surface area contributed by atoms with Gasteiger partial charge in [0.05, 0.1) is 10.8 Å². The standard InChI is InChI=1S/C15H22N4O4S/c1-18(2)24(22,23)13-7-11(6-12(16)8-13)15(21)19-5-3-4-10(9-19)14(17)20/h6-8,10H,3-5,9,16H2,1-2H3,(H2,17,20)/t10-/m1/s1. The minimum absolute atomic E-state index is 0.0423. The van der Waals surface area contributed by atoms with Crippen molar-refractivity contribution in [3.8, 4) is 0 Å². The first kappa shape index (κ1) is 18.2. The Morgan fingerprint density at radius 2 is 1.92 bits per heavy atom. The molecule has 0 aliphatic carbocycles. The number of carbonyl (C=O) groups is 2. The van der Waals surface area contributed by atoms with Gasteiger partial charge in [-0.2, -0.15) is 0 Å². The summed E-state index contributed by atoms with van der Waals surface area (Å²) in [4.78, 5) is 25.5. The van der Waals surface area contributed by atoms with E-state index in [1.807, 2.05) is 0 Å². The van der Waals surface area contributed by atoms with E-state index in [-0.39, 0.29) is 34.5 Å². The highest BCUT2D eigenvalue weighted by Crippen LogP contribution is 2.23. The van der Waals surface area contributed by atoms with E-state index in [9.17, 15) is 18.0 Å². The molecular formula is C15H22N4O4S. The average molecular weight is 354 g/mol. The molecule has 132 valence electrons. The normalized spacial score (nSPS) is 18.6. The van der Waals surface area contributed by atoms with Crippen molar-refractivity contribution in [1.82, 2.24) is 9.21 Å². The SMILES string of the molecule is CN(C)S(=O)(=O)c1cc(N)cc(C(=O)N2CCC[C@@H](C(N)=O)C2)c1. The summed E-state index contributed by atoms with van der Waals surface area (Å²) >= 11 is 0. The Bertz CT molecular complexity index is 761. The predicted octanol–water partition coefficient (Wildman–Crippen LogP) is -0.143. The first-order valence-corrected chi connectivity index (χ1v) is 8.98. The maximum Gasteiger partial charge on any atom is 0.253 e. The lowest BCUT2D eigenvalue weighted by molar-refractivity contribution is -0.123. The molecule has 0 aromatic heterocycles. The first-order valence-electron chi connectivity index (χ1n) is 7.54. The Morgan fingerprint density at radius 3 is 2.50 bits per heavy atom. The van der Waals surface area contributed by atoms with Crippen molar-refractivity contribution in [2.45, 2.75) is 17.7 Å². The van der Waals surface area contributed by atoms with Crippen LogP contribution in [0, 0.1) is 5.92 Å². The second kappa shape index (κ2) is 6.78. The molecule has 0 saturated carbocycles. The number of rotatable bonds is 4. The number of nitrogens with zero attached hydrogens (tertiary/aromatic N) is 2. The highest BCUT2D eigenvalue weighted by molar-refractivity contribution is 7.89. The molecule has 1 heterocycles. The third-order valence-corrected chi connectivity index (χ3v) is 5.86. The fraction of sp³-hybridized carbons (Fsp3) is 0.467. The molecule has 1 aliphatic heterocycles. The molecule has 0 bridgehead atoms. The third-order valence-electron chi connectivity index (χ3n) is 4.07. The Morgan fingerprint density at radius 1 is 1.25 bits per heavy atom. The molecule has 1 aromatic rings. The molecule has 24 heavy (non-hydrogen) atoms. The summed E-state index contributed by atoms with van der Waals surface area (Å²) in [6.45, 7) is 0.728. The molecule has 1 aliphatic rings. The van der Waals surface area contributed by atoms with Crippen LogP contribution in [0.3, 0.4) is 0 Å². The van der Waals surface area contributed by atoms with Crippen LogP contribution in [-0.2, 0) is 14.8 Å². The van der Waals surface area contributed by atoms with Gasteiger partial charge in [0, 0.05) is 38.4 Å². The van der Waals surface area contributed by atoms with Crippen molar-refractivity contribution in [3.63, 3.8) is 0 Å². The average Bonchev–Trinajstić information content (AvgIpc) is 2.53. The molecule has 9 heteroatoms. The number of anilines is 1. The minimum atomic E-state index is -3.70. The van der Waals surface area contributed by atoms with E-state index in [1.54, 1.807) is 0 Å². The number of benzene rings is 1. The van der Waals surface area contributed by atoms with Crippen LogP contribution < -0.4 is 11.5 Å². The molecule has 1 aromatic carbocycles. The highest BCUT2D eigenvalue weighted by atomic mass is 32.2. The molecule has 2 rings (SSSR count). The largest absolute Gasteiger partial charge is 0.399 e. The van der Waals surface area contributed by atoms with E-state index in [4.69, 9.17) is 11.5 Å². The van der Waals surface area contributed by atoms with Crippen LogP contribution >= 0.6 is 0 Å². The van der Waals surface area contributed by atoms with Gasteiger partial charge in [0.2, 0.25) is 15.9 Å². The van der Waals surface area contributed by atoms with Crippen LogP contribution in [0.25, 0.3) is 0 Å². The van der Waals surface area contributed by atoms with Crippen molar-refractivity contribution in [2.75, 3.05) is 32.9 Å². The monoisotopic (exact) mass is 354 g/mol. The summed E-state index contributed by atoms with van der Waals surface area (Å²) in [5.74, 6) is -1.17. The van der Waals surface area contributed by atoms with Gasteiger partial charge >= 0.3 is 0 Å². The Hall–Kier alpha value is -2.13. The van der Waals surface area contributed by atoms with Crippen LogP contribution in [0.1, 0.15) is 23.2 Å². The van der Waals surface area contributed by atoms with Crippen molar-refractivity contribution in [2.24, 2.45) is 11.7 Å². The quantitative estimate of drug-likeness (QED) is 0.727. The zero-order chi connectivity index (χ0) is 18.1. The number of likely N-dealkylation sites (tertiary alicyclic amines) is 1. The smallest absolute Gasteiger partial charge is 0.253 e. The van der Waals surface area contributed by atoms with Gasteiger partial charge < -0.3 is 16.4 Å². The lowest BCUT2D eigenvalue weighted by Crippen LogP contribution is -2.44. The van der Waals surface area contributed by atoms with Crippen molar-refractivity contribution in [1.29, 1.82) is 0 Å². The van der Waals surface area contributed by atoms with Gasteiger partial charge in [-0.05, 0) is 31.0 Å². The molecule has 2 amide bonds. The molecule has 1 saturated heterocycles. The van der Waals surface area contributed by atoms with Crippen LogP contribution in [0.2, 0.25) is 0 Å². The molecule has 0 spiro atoms. The number of carbonyl (C=O) groups excluding carboxylic acids is 2. The topological polar surface area (TPSA) is 127 Å². The molecular weight excluding hydrogens is 332 g/mol. The fourth-order valence-corrected chi connectivity index (χ4v) is 3.66. The summed E-state index contributed by atoms with van der Waals surface area (Å²) in [6, 6.07) is 4.06. The number of sulfonamides is 1. The zero-order valence-electron chi connectivity index (χ0n) is 13.7. The third kappa shape index (κ3) is 3.68. The van der Waals surface area contributed by atoms with Crippen LogP contribution in [0.4, 0.5) is 5.69 Å². The van der Waals surface area contributed by atoms with Crippen molar-refractivity contribution < 1.29 is 18.0 Å². The molecule has 4 N–H and O–H groups in total. The molecule has 8 nitrogen and oxygen atoms in total. The van der Waals surface area contributed by atoms with Crippen molar-refractivity contribution >= 4 is 27.5 Å². The van der Waals surface area contributed by atoms with E-state index in [2.05, 4.69) is 0 Å². The summed E-state index contributed by atoms with van der Waals surface area (Å²) in [5, 5.41) is 0. The lowest BCUT2D eigenvalue weighted by atomic mass is 9.97. The zero-order valence-corrected chi connectivity index (χ0v) is 14.5. The number of hydrogen-bond acceptors (Lipinski definition) is 5. The number of nitrogen functional groups attached to an aromatic ring is 1. The highest BCUT2D eigenvalue weighted by Gasteiger charge is 2.28. The van der Waals surface area contributed by atoms with E-state index in [0.717, 1.165) is 4.31 Å². The fourth-order valence-electron chi connectivity index (χ4n) is 2.68. The molecule has 1 fully saturated rings. The maximum absolute atomic E-state index is 12.7. The lowest BCUT2D eigenvalue weighted by Gasteiger charge is -2.31. The Kier molecular flexibility index (Phi) is 5.14. The van der Waals surface area contributed by atoms with Gasteiger partial charge in [0.15, 0.2) is 0 Å². The second-order valence-electron chi connectivity index (χ2n) is 6.07. The summed E-state index contributed by atoms with van der Waals surface area (Å²) in [5.41, 5.74) is 11.5. The second-order valence-corrected chi connectivity index (χ2v) is 8.22. The summed E-state index contributed by atoms with van der Waals surface area (Å²) < 4.78 is 25.6. The van der Waals surface area contributed by atoms with Gasteiger partial charge in [-0.1, -0.05) is 0 Å². The number of primary amides is 1. The molecule has 0 unspecified atom stereocenters. The first-order chi connectivity index (χ1) is 11.1. The van der Waals surface area contributed by atoms with Crippen molar-refractivity contribution in [3.05, 3.63) is 23.8 Å². The number of amides is 2. The number of nitrogens with two attached hydrogens (primary N) is 2. The van der Waals surface area contributed by atoms with Gasteiger partial charge in [-0.15, -0.1) is 0 Å². The van der Waals surface area contributed by atoms with Crippen LogP contribution in [0.5, 0.6) is 0 Å².